The normalized spacial score (nSPS) is 17.6. The van der Waals surface area contributed by atoms with E-state index in [1.807, 2.05) is 30.3 Å². The summed E-state index contributed by atoms with van der Waals surface area (Å²) in [5.41, 5.74) is 0.781. The quantitative estimate of drug-likeness (QED) is 0.791. The van der Waals surface area contributed by atoms with Gasteiger partial charge in [-0.05, 0) is 31.4 Å². The second-order valence-electron chi connectivity index (χ2n) is 6.08. The van der Waals surface area contributed by atoms with E-state index >= 15 is 0 Å². The number of anilines is 1. The minimum Gasteiger partial charge on any atom is -0.356 e. The summed E-state index contributed by atoms with van der Waals surface area (Å²) >= 11 is 0. The minimum atomic E-state index is -0.125. The molecule has 1 fully saturated rings. The van der Waals surface area contributed by atoms with Crippen molar-refractivity contribution in [3.05, 3.63) is 30.3 Å². The van der Waals surface area contributed by atoms with Crippen LogP contribution in [0, 0.1) is 5.92 Å². The molecule has 0 bridgehead atoms. The third kappa shape index (κ3) is 5.58. The van der Waals surface area contributed by atoms with Gasteiger partial charge in [0.2, 0.25) is 5.91 Å². The molecule has 1 unspecified atom stereocenters. The Morgan fingerprint density at radius 2 is 2.00 bits per heavy atom. The molecule has 1 saturated heterocycles. The highest BCUT2D eigenvalue weighted by Gasteiger charge is 2.28. The van der Waals surface area contributed by atoms with Gasteiger partial charge in [-0.2, -0.15) is 0 Å². The van der Waals surface area contributed by atoms with Crippen LogP contribution in [-0.4, -0.2) is 36.5 Å². The van der Waals surface area contributed by atoms with Crippen molar-refractivity contribution in [2.75, 3.05) is 25.0 Å². The van der Waals surface area contributed by atoms with E-state index in [0.717, 1.165) is 44.3 Å². The maximum atomic E-state index is 12.3. The SMILES string of the molecule is CCCCCNC(=O)C1CCCN(C(=O)Nc2ccccc2)C1. The molecular weight excluding hydrogens is 290 g/mol. The van der Waals surface area contributed by atoms with Crippen LogP contribution in [-0.2, 0) is 4.79 Å². The zero-order chi connectivity index (χ0) is 16.5. The van der Waals surface area contributed by atoms with E-state index < -0.39 is 0 Å². The van der Waals surface area contributed by atoms with Gasteiger partial charge < -0.3 is 15.5 Å². The topological polar surface area (TPSA) is 61.4 Å². The summed E-state index contributed by atoms with van der Waals surface area (Å²) in [6, 6.07) is 9.28. The number of nitrogens with zero attached hydrogens (tertiary/aromatic N) is 1. The Bertz CT molecular complexity index is 504. The van der Waals surface area contributed by atoms with Crippen LogP contribution in [0.4, 0.5) is 10.5 Å². The first-order valence-corrected chi connectivity index (χ1v) is 8.59. The number of rotatable bonds is 6. The smallest absolute Gasteiger partial charge is 0.321 e. The predicted molar refractivity (Wildman–Crippen MR) is 92.3 cm³/mol. The number of nitrogens with one attached hydrogen (secondary N) is 2. The van der Waals surface area contributed by atoms with Gasteiger partial charge in [0.05, 0.1) is 5.92 Å². The van der Waals surface area contributed by atoms with E-state index in [4.69, 9.17) is 0 Å². The standard InChI is InChI=1S/C18H27N3O2/c1-2-3-7-12-19-17(22)15-9-8-13-21(14-15)18(23)20-16-10-5-4-6-11-16/h4-6,10-11,15H,2-3,7-9,12-14H2,1H3,(H,19,22)(H,20,23). The number of unbranched alkanes of at least 4 members (excludes halogenated alkanes) is 2. The summed E-state index contributed by atoms with van der Waals surface area (Å²) in [5, 5.41) is 5.89. The molecule has 0 radical (unpaired) electrons. The number of hydrogen-bond acceptors (Lipinski definition) is 2. The lowest BCUT2D eigenvalue weighted by Gasteiger charge is -2.32. The molecule has 2 N–H and O–H groups in total. The van der Waals surface area contributed by atoms with Gasteiger partial charge in [-0.15, -0.1) is 0 Å². The molecule has 126 valence electrons. The highest BCUT2D eigenvalue weighted by molar-refractivity contribution is 5.90. The minimum absolute atomic E-state index is 0.0818. The number of carbonyl (C=O) groups excluding carboxylic acids is 2. The highest BCUT2D eigenvalue weighted by Crippen LogP contribution is 2.18. The van der Waals surface area contributed by atoms with E-state index in [0.29, 0.717) is 13.1 Å². The number of piperidine rings is 1. The second kappa shape index (κ2) is 9.18. The van der Waals surface area contributed by atoms with Crippen LogP contribution >= 0.6 is 0 Å². The highest BCUT2D eigenvalue weighted by atomic mass is 16.2. The molecule has 2 rings (SSSR count). The van der Waals surface area contributed by atoms with Crippen LogP contribution < -0.4 is 10.6 Å². The zero-order valence-corrected chi connectivity index (χ0v) is 13.9. The van der Waals surface area contributed by atoms with E-state index in [9.17, 15) is 9.59 Å². The molecule has 1 heterocycles. The van der Waals surface area contributed by atoms with Crippen molar-refractivity contribution in [2.24, 2.45) is 5.92 Å². The summed E-state index contributed by atoms with van der Waals surface area (Å²) in [5.74, 6) is -0.00906. The number of para-hydroxylation sites is 1. The zero-order valence-electron chi connectivity index (χ0n) is 13.9. The lowest BCUT2D eigenvalue weighted by atomic mass is 9.97. The van der Waals surface area contributed by atoms with Crippen LogP contribution in [0.25, 0.3) is 0 Å². The van der Waals surface area contributed by atoms with E-state index in [1.165, 1.54) is 0 Å². The van der Waals surface area contributed by atoms with Gasteiger partial charge in [0, 0.05) is 25.3 Å². The first-order chi connectivity index (χ1) is 11.2. The summed E-state index contributed by atoms with van der Waals surface area (Å²) in [7, 11) is 0. The summed E-state index contributed by atoms with van der Waals surface area (Å²) in [6.45, 7) is 4.09. The number of benzene rings is 1. The fourth-order valence-electron chi connectivity index (χ4n) is 2.83. The average Bonchev–Trinajstić information content (AvgIpc) is 2.59. The Morgan fingerprint density at radius 3 is 2.74 bits per heavy atom. The molecular formula is C18H27N3O2. The van der Waals surface area contributed by atoms with E-state index in [1.54, 1.807) is 4.90 Å². The lowest BCUT2D eigenvalue weighted by molar-refractivity contribution is -0.126. The Balaban J connectivity index is 1.80. The molecule has 1 aromatic carbocycles. The first-order valence-electron chi connectivity index (χ1n) is 8.59. The van der Waals surface area contributed by atoms with Gasteiger partial charge in [-0.1, -0.05) is 38.0 Å². The number of urea groups is 1. The molecule has 3 amide bonds. The van der Waals surface area contributed by atoms with Crippen molar-refractivity contribution >= 4 is 17.6 Å². The largest absolute Gasteiger partial charge is 0.356 e. The van der Waals surface area contributed by atoms with Crippen LogP contribution in [0.5, 0.6) is 0 Å². The Labute approximate surface area is 138 Å². The van der Waals surface area contributed by atoms with Crippen molar-refractivity contribution in [3.8, 4) is 0 Å². The van der Waals surface area contributed by atoms with Gasteiger partial charge in [0.25, 0.3) is 0 Å². The maximum absolute atomic E-state index is 12.3. The molecule has 1 atom stereocenters. The fraction of sp³-hybridized carbons (Fsp3) is 0.556. The number of hydrogen-bond donors (Lipinski definition) is 2. The summed E-state index contributed by atoms with van der Waals surface area (Å²) in [4.78, 5) is 26.3. The van der Waals surface area contributed by atoms with Gasteiger partial charge >= 0.3 is 6.03 Å². The first kappa shape index (κ1) is 17.3. The molecule has 1 aromatic rings. The number of amides is 3. The van der Waals surface area contributed by atoms with E-state index in [2.05, 4.69) is 17.6 Å². The van der Waals surface area contributed by atoms with Crippen molar-refractivity contribution in [1.29, 1.82) is 0 Å². The predicted octanol–water partition coefficient (Wildman–Crippen LogP) is 3.24. The van der Waals surface area contributed by atoms with Crippen molar-refractivity contribution < 1.29 is 9.59 Å². The van der Waals surface area contributed by atoms with Crippen LogP contribution in [0.2, 0.25) is 0 Å². The van der Waals surface area contributed by atoms with E-state index in [-0.39, 0.29) is 17.9 Å². The second-order valence-corrected chi connectivity index (χ2v) is 6.08. The molecule has 1 aliphatic heterocycles. The summed E-state index contributed by atoms with van der Waals surface area (Å²) in [6.07, 6.45) is 5.03. The number of carbonyl (C=O) groups is 2. The molecule has 0 aromatic heterocycles. The third-order valence-electron chi connectivity index (χ3n) is 4.18. The van der Waals surface area contributed by atoms with Crippen molar-refractivity contribution in [3.63, 3.8) is 0 Å². The lowest BCUT2D eigenvalue weighted by Crippen LogP contribution is -2.47. The van der Waals surface area contributed by atoms with Gasteiger partial charge in [0.15, 0.2) is 0 Å². The molecule has 0 spiro atoms. The van der Waals surface area contributed by atoms with Crippen molar-refractivity contribution in [1.82, 2.24) is 10.2 Å². The van der Waals surface area contributed by atoms with Crippen LogP contribution in [0.15, 0.2) is 30.3 Å². The molecule has 0 aliphatic carbocycles. The molecule has 5 heteroatoms. The molecule has 1 aliphatic rings. The van der Waals surface area contributed by atoms with Gasteiger partial charge in [-0.3, -0.25) is 4.79 Å². The Kier molecular flexibility index (Phi) is 6.91. The Morgan fingerprint density at radius 1 is 1.22 bits per heavy atom. The Hall–Kier alpha value is -2.04. The van der Waals surface area contributed by atoms with Crippen LogP contribution in [0.3, 0.4) is 0 Å². The molecule has 23 heavy (non-hydrogen) atoms. The van der Waals surface area contributed by atoms with Crippen molar-refractivity contribution in [2.45, 2.75) is 39.0 Å². The molecule has 0 saturated carbocycles. The summed E-state index contributed by atoms with van der Waals surface area (Å²) < 4.78 is 0. The maximum Gasteiger partial charge on any atom is 0.321 e. The van der Waals surface area contributed by atoms with Crippen LogP contribution in [0.1, 0.15) is 39.0 Å². The van der Waals surface area contributed by atoms with Gasteiger partial charge in [-0.25, -0.2) is 4.79 Å². The third-order valence-corrected chi connectivity index (χ3v) is 4.18. The van der Waals surface area contributed by atoms with Gasteiger partial charge in [0.1, 0.15) is 0 Å². The average molecular weight is 317 g/mol. The number of likely N-dealkylation sites (tertiary alicyclic amines) is 1. The fourth-order valence-corrected chi connectivity index (χ4v) is 2.83. The molecule has 5 nitrogen and oxygen atoms in total. The monoisotopic (exact) mass is 317 g/mol.